The van der Waals surface area contributed by atoms with Gasteiger partial charge in [-0.05, 0) is 5.56 Å². The summed E-state index contributed by atoms with van der Waals surface area (Å²) in [7, 11) is 3.54. The predicted molar refractivity (Wildman–Crippen MR) is 171 cm³/mol. The number of hydrogen-bond donors (Lipinski definition) is 0. The lowest BCUT2D eigenvalue weighted by Crippen LogP contribution is -2.67. The fourth-order valence-corrected chi connectivity index (χ4v) is 6.00. The van der Waals surface area contributed by atoms with Crippen molar-refractivity contribution in [1.29, 1.82) is 0 Å². The summed E-state index contributed by atoms with van der Waals surface area (Å²) >= 11 is 0. The topological polar surface area (TPSA) is 188 Å². The molecule has 0 bridgehead atoms. The highest BCUT2D eigenvalue weighted by atomic mass is 16.8. The van der Waals surface area contributed by atoms with Crippen LogP contribution in [0.25, 0.3) is 0 Å². The van der Waals surface area contributed by atoms with Gasteiger partial charge in [-0.3, -0.25) is 9.59 Å². The Kier molecular flexibility index (Phi) is 13.8. The maximum absolute atomic E-state index is 12.7. The molecule has 5 rings (SSSR count). The van der Waals surface area contributed by atoms with E-state index in [9.17, 15) is 19.2 Å². The van der Waals surface area contributed by atoms with Gasteiger partial charge in [0.25, 0.3) is 0 Å². The Morgan fingerprint density at radius 2 is 1.35 bits per heavy atom. The number of carbonyl (C=O) groups excluding carboxylic acids is 4. The summed E-state index contributed by atoms with van der Waals surface area (Å²) in [6.07, 6.45) is -15.9. The summed E-state index contributed by atoms with van der Waals surface area (Å²) < 4.78 is 75.2. The molecular formula is C35H42O17. The molecule has 3 heterocycles. The van der Waals surface area contributed by atoms with Crippen LogP contribution < -0.4 is 0 Å². The summed E-state index contributed by atoms with van der Waals surface area (Å²) in [6.45, 7) is 1.92. The van der Waals surface area contributed by atoms with E-state index in [1.54, 1.807) is 0 Å². The van der Waals surface area contributed by atoms with Crippen molar-refractivity contribution in [3.63, 3.8) is 0 Å². The molecule has 17 heteroatoms. The van der Waals surface area contributed by atoms with Crippen LogP contribution in [0.4, 0.5) is 9.59 Å². The lowest BCUT2D eigenvalue weighted by Gasteiger charge is -2.51. The Morgan fingerprint density at radius 1 is 0.692 bits per heavy atom. The summed E-state index contributed by atoms with van der Waals surface area (Å²) in [4.78, 5) is 49.5. The molecule has 0 N–H and O–H groups in total. The molecule has 0 amide bonds. The van der Waals surface area contributed by atoms with E-state index in [0.717, 1.165) is 33.6 Å². The molecule has 3 fully saturated rings. The van der Waals surface area contributed by atoms with Gasteiger partial charge >= 0.3 is 24.2 Å². The van der Waals surface area contributed by atoms with Gasteiger partial charge in [0, 0.05) is 26.5 Å². The van der Waals surface area contributed by atoms with Gasteiger partial charge < -0.3 is 61.6 Å². The quantitative estimate of drug-likeness (QED) is 0.228. The fraction of sp³-hybridized carbons (Fsp3) is 0.543. The van der Waals surface area contributed by atoms with E-state index in [-0.39, 0.29) is 13.2 Å². The minimum atomic E-state index is -1.67. The largest absolute Gasteiger partial charge is 0.508 e. The van der Waals surface area contributed by atoms with Crippen LogP contribution in [0.5, 0.6) is 0 Å². The molecule has 0 radical (unpaired) electrons. The summed E-state index contributed by atoms with van der Waals surface area (Å²) in [6, 6.07) is 18.5. The first kappa shape index (κ1) is 38.9. The molecular weight excluding hydrogens is 692 g/mol. The molecule has 0 unspecified atom stereocenters. The molecule has 2 aromatic carbocycles. The number of methoxy groups -OCH3 is 3. The van der Waals surface area contributed by atoms with Crippen molar-refractivity contribution in [2.45, 2.75) is 88.2 Å². The zero-order valence-electron chi connectivity index (χ0n) is 29.2. The van der Waals surface area contributed by atoms with Gasteiger partial charge in [0.05, 0.1) is 27.4 Å². The summed E-state index contributed by atoms with van der Waals surface area (Å²) in [5.74, 6) is -1.50. The Bertz CT molecular complexity index is 1470. The van der Waals surface area contributed by atoms with Crippen molar-refractivity contribution in [2.75, 3.05) is 34.5 Å². The first-order chi connectivity index (χ1) is 25.1. The average Bonchev–Trinajstić information content (AvgIpc) is 3.15. The average molecular weight is 735 g/mol. The Labute approximate surface area is 299 Å². The third-order valence-electron chi connectivity index (χ3n) is 8.31. The Balaban J connectivity index is 1.56. The number of carbonyl (C=O) groups is 4. The van der Waals surface area contributed by atoms with Gasteiger partial charge in [-0.2, -0.15) is 0 Å². The lowest BCUT2D eigenvalue weighted by atomic mass is 9.95. The smallest absolute Gasteiger partial charge is 0.463 e. The number of benzene rings is 2. The Morgan fingerprint density at radius 3 is 1.96 bits per heavy atom. The van der Waals surface area contributed by atoms with Crippen LogP contribution in [0, 0.1) is 0 Å². The van der Waals surface area contributed by atoms with E-state index in [0.29, 0.717) is 5.56 Å². The second kappa shape index (κ2) is 18.4. The summed E-state index contributed by atoms with van der Waals surface area (Å²) in [5, 5.41) is 0. The number of hydrogen-bond acceptors (Lipinski definition) is 17. The zero-order valence-corrected chi connectivity index (χ0v) is 29.2. The van der Waals surface area contributed by atoms with Crippen molar-refractivity contribution in [1.82, 2.24) is 0 Å². The maximum atomic E-state index is 12.7. The molecule has 3 aliphatic heterocycles. The van der Waals surface area contributed by atoms with Crippen molar-refractivity contribution in [3.05, 3.63) is 71.8 Å². The molecule has 284 valence electrons. The normalized spacial score (nSPS) is 31.3. The van der Waals surface area contributed by atoms with E-state index >= 15 is 0 Å². The van der Waals surface area contributed by atoms with Crippen molar-refractivity contribution in [3.8, 4) is 0 Å². The van der Waals surface area contributed by atoms with Gasteiger partial charge in [0.1, 0.15) is 37.1 Å². The van der Waals surface area contributed by atoms with Crippen LogP contribution in [0.15, 0.2) is 60.7 Å². The molecule has 2 aromatic rings. The predicted octanol–water partition coefficient (Wildman–Crippen LogP) is 2.97. The molecule has 3 saturated heterocycles. The molecule has 3 aliphatic rings. The number of fused-ring (bicyclic) bond motifs is 1. The zero-order chi connectivity index (χ0) is 37.2. The summed E-state index contributed by atoms with van der Waals surface area (Å²) in [5.41, 5.74) is 1.54. The van der Waals surface area contributed by atoms with Crippen LogP contribution in [-0.4, -0.2) is 120 Å². The molecule has 52 heavy (non-hydrogen) atoms. The second-order valence-corrected chi connectivity index (χ2v) is 11.8. The molecule has 0 spiro atoms. The van der Waals surface area contributed by atoms with E-state index in [4.69, 9.17) is 61.6 Å². The maximum Gasteiger partial charge on any atom is 0.508 e. The standard InChI is InChI=1S/C35H42O17/c1-19(36)43-17-23-25(46-20(2)37)28(51-34(38)41-4)30(52-35(39)42-5)33(48-23)50-27-26-24(18-45-31(49-26)22-14-10-7-11-15-22)47-32(40-3)29(27)44-16-21-12-8-6-9-13-21/h6-15,23-33H,16-18H2,1-5H3/t23-,24-,25-,26-,27+,28+,29-,30-,31-,32+,33+/m1/s1. The third kappa shape index (κ3) is 9.74. The van der Waals surface area contributed by atoms with Gasteiger partial charge in [-0.1, -0.05) is 60.7 Å². The molecule has 17 nitrogen and oxygen atoms in total. The van der Waals surface area contributed by atoms with E-state index < -0.39 is 98.6 Å². The van der Waals surface area contributed by atoms with Crippen molar-refractivity contribution >= 4 is 24.2 Å². The number of ether oxygens (including phenoxy) is 13. The highest BCUT2D eigenvalue weighted by Gasteiger charge is 2.58. The highest BCUT2D eigenvalue weighted by Crippen LogP contribution is 2.39. The van der Waals surface area contributed by atoms with E-state index in [1.807, 2.05) is 60.7 Å². The van der Waals surface area contributed by atoms with Crippen LogP contribution in [0.1, 0.15) is 31.3 Å². The minimum absolute atomic E-state index is 0.0562. The molecule has 11 atom stereocenters. The van der Waals surface area contributed by atoms with E-state index in [2.05, 4.69) is 0 Å². The van der Waals surface area contributed by atoms with Crippen molar-refractivity contribution < 1.29 is 80.8 Å². The number of esters is 2. The molecule has 0 aliphatic carbocycles. The molecule has 0 aromatic heterocycles. The van der Waals surface area contributed by atoms with Crippen LogP contribution >= 0.6 is 0 Å². The van der Waals surface area contributed by atoms with Crippen LogP contribution in [0.2, 0.25) is 0 Å². The minimum Gasteiger partial charge on any atom is -0.463 e. The fourth-order valence-electron chi connectivity index (χ4n) is 6.00. The second-order valence-electron chi connectivity index (χ2n) is 11.8. The lowest BCUT2D eigenvalue weighted by molar-refractivity contribution is -0.395. The van der Waals surface area contributed by atoms with E-state index in [1.165, 1.54) is 7.11 Å². The Hall–Kier alpha value is -4.36. The van der Waals surface area contributed by atoms with Gasteiger partial charge in [0.15, 0.2) is 37.2 Å². The van der Waals surface area contributed by atoms with Gasteiger partial charge in [-0.15, -0.1) is 0 Å². The monoisotopic (exact) mass is 734 g/mol. The SMILES string of the molecule is COC(=O)O[C@@H]1[C@@H](OC(=O)OC)[C@H](O[C@@H]2[C@@H](OCc3ccccc3)[C@@H](OC)O[C@@H]3CO[C@@H](c4ccccc4)O[C@@H]23)O[C@H](COC(C)=O)[C@H]1OC(C)=O. The van der Waals surface area contributed by atoms with Gasteiger partial charge in [-0.25, -0.2) is 9.59 Å². The van der Waals surface area contributed by atoms with Crippen molar-refractivity contribution in [2.24, 2.45) is 0 Å². The third-order valence-corrected chi connectivity index (χ3v) is 8.31. The highest BCUT2D eigenvalue weighted by molar-refractivity contribution is 5.67. The van der Waals surface area contributed by atoms with Crippen LogP contribution in [0.3, 0.4) is 0 Å². The molecule has 0 saturated carbocycles. The first-order valence-corrected chi connectivity index (χ1v) is 16.4. The van der Waals surface area contributed by atoms with Gasteiger partial charge in [0.2, 0.25) is 0 Å². The van der Waals surface area contributed by atoms with Crippen LogP contribution in [-0.2, 0) is 77.8 Å². The first-order valence-electron chi connectivity index (χ1n) is 16.4. The number of rotatable bonds is 12.